The number of nitrogen functional groups attached to an aromatic ring is 1. The molecule has 1 amide bonds. The molecule has 0 saturated heterocycles. The Bertz CT molecular complexity index is 1430. The van der Waals surface area contributed by atoms with E-state index in [0.717, 1.165) is 11.1 Å². The number of carbonyl (C=O) groups is 1. The van der Waals surface area contributed by atoms with Crippen LogP contribution in [0, 0.1) is 0 Å². The van der Waals surface area contributed by atoms with Crippen LogP contribution >= 0.6 is 0 Å². The molecule has 0 aliphatic carbocycles. The number of nitrogens with one attached hydrogen (secondary N) is 1. The number of ether oxygens (including phenoxy) is 1. The Labute approximate surface area is 227 Å². The van der Waals surface area contributed by atoms with E-state index in [-0.39, 0.29) is 37.1 Å². The molecule has 1 heterocycles. The average Bonchev–Trinajstić information content (AvgIpc) is 2.92. The summed E-state index contributed by atoms with van der Waals surface area (Å²) < 4.78 is 5.40. The zero-order valence-electron chi connectivity index (χ0n) is 22.3. The first-order valence-corrected chi connectivity index (χ1v) is 12.7. The van der Waals surface area contributed by atoms with Gasteiger partial charge >= 0.3 is 0 Å². The number of benzene rings is 3. The van der Waals surface area contributed by atoms with E-state index >= 15 is 0 Å². The van der Waals surface area contributed by atoms with Gasteiger partial charge in [0, 0.05) is 28.8 Å². The number of hydrogen-bond donors (Lipinski definition) is 4. The molecule has 0 aliphatic rings. The standard InChI is InChI=1S/C30H33N5O4/c1-30(2,3)21-11-9-20(10-12-21)28(38)32-25-6-4-5-23(24(25)18-37)27-33-26(34-29(31)35-27)17-19-7-13-22(14-8-19)39-16-15-36/h4-14,36-37H,15-18H2,1-3H3,(H,32,38)(H2,31,33,34,35). The molecule has 3 aromatic carbocycles. The van der Waals surface area contributed by atoms with Crippen molar-refractivity contribution in [3.05, 3.63) is 94.8 Å². The lowest BCUT2D eigenvalue weighted by molar-refractivity contribution is 0.102. The summed E-state index contributed by atoms with van der Waals surface area (Å²) in [6.45, 7) is 6.18. The van der Waals surface area contributed by atoms with Crippen LogP contribution < -0.4 is 15.8 Å². The molecular formula is C30H33N5O4. The van der Waals surface area contributed by atoms with Gasteiger partial charge in [-0.05, 0) is 46.9 Å². The molecule has 0 bridgehead atoms. The minimum Gasteiger partial charge on any atom is -0.491 e. The van der Waals surface area contributed by atoms with Crippen molar-refractivity contribution < 1.29 is 19.7 Å². The molecule has 1 aromatic heterocycles. The van der Waals surface area contributed by atoms with Crippen LogP contribution in [0.2, 0.25) is 0 Å². The van der Waals surface area contributed by atoms with Crippen molar-refractivity contribution in [3.8, 4) is 17.1 Å². The van der Waals surface area contributed by atoms with E-state index in [1.54, 1.807) is 30.3 Å². The summed E-state index contributed by atoms with van der Waals surface area (Å²) in [5.41, 5.74) is 10.1. The molecule has 5 N–H and O–H groups in total. The van der Waals surface area contributed by atoms with Gasteiger partial charge in [-0.15, -0.1) is 0 Å². The van der Waals surface area contributed by atoms with Crippen LogP contribution in [0.4, 0.5) is 11.6 Å². The monoisotopic (exact) mass is 527 g/mol. The number of nitrogens with two attached hydrogens (primary N) is 1. The highest BCUT2D eigenvalue weighted by Gasteiger charge is 2.18. The molecule has 0 spiro atoms. The fourth-order valence-corrected chi connectivity index (χ4v) is 4.09. The topological polar surface area (TPSA) is 143 Å². The zero-order chi connectivity index (χ0) is 28.0. The van der Waals surface area contributed by atoms with Gasteiger partial charge in [-0.3, -0.25) is 4.79 Å². The number of carbonyl (C=O) groups excluding carboxylic acids is 1. The maximum Gasteiger partial charge on any atom is 0.255 e. The number of anilines is 2. The number of aromatic nitrogens is 3. The van der Waals surface area contributed by atoms with E-state index in [4.69, 9.17) is 15.6 Å². The van der Waals surface area contributed by atoms with E-state index in [1.807, 2.05) is 36.4 Å². The predicted molar refractivity (Wildman–Crippen MR) is 151 cm³/mol. The Balaban J connectivity index is 1.57. The third kappa shape index (κ3) is 6.95. The van der Waals surface area contributed by atoms with E-state index in [9.17, 15) is 9.90 Å². The fraction of sp³-hybridized carbons (Fsp3) is 0.267. The Morgan fingerprint density at radius 2 is 1.67 bits per heavy atom. The Kier molecular flexibility index (Phi) is 8.53. The summed E-state index contributed by atoms with van der Waals surface area (Å²) in [4.78, 5) is 26.2. The van der Waals surface area contributed by atoms with Crippen LogP contribution in [0.25, 0.3) is 11.4 Å². The largest absolute Gasteiger partial charge is 0.491 e. The summed E-state index contributed by atoms with van der Waals surface area (Å²) in [6.07, 6.45) is 0.398. The molecule has 0 fully saturated rings. The van der Waals surface area contributed by atoms with Crippen molar-refractivity contribution in [3.63, 3.8) is 0 Å². The number of amides is 1. The van der Waals surface area contributed by atoms with Crippen molar-refractivity contribution in [2.75, 3.05) is 24.3 Å². The van der Waals surface area contributed by atoms with Gasteiger partial charge in [0.15, 0.2) is 5.82 Å². The second-order valence-corrected chi connectivity index (χ2v) is 10.1. The third-order valence-electron chi connectivity index (χ3n) is 6.18. The second-order valence-electron chi connectivity index (χ2n) is 10.1. The Morgan fingerprint density at radius 3 is 2.31 bits per heavy atom. The van der Waals surface area contributed by atoms with Gasteiger partial charge in [-0.2, -0.15) is 9.97 Å². The molecule has 39 heavy (non-hydrogen) atoms. The van der Waals surface area contributed by atoms with Gasteiger partial charge in [0.2, 0.25) is 5.95 Å². The van der Waals surface area contributed by atoms with Gasteiger partial charge in [0.1, 0.15) is 18.2 Å². The van der Waals surface area contributed by atoms with Crippen molar-refractivity contribution >= 4 is 17.5 Å². The van der Waals surface area contributed by atoms with Crippen molar-refractivity contribution in [2.24, 2.45) is 0 Å². The quantitative estimate of drug-likeness (QED) is 0.254. The first kappa shape index (κ1) is 27.7. The van der Waals surface area contributed by atoms with Gasteiger partial charge < -0.3 is 26.0 Å². The van der Waals surface area contributed by atoms with Crippen LogP contribution in [0.15, 0.2) is 66.7 Å². The average molecular weight is 528 g/mol. The summed E-state index contributed by atoms with van der Waals surface area (Å²) in [5.74, 6) is 1.17. The normalized spacial score (nSPS) is 11.3. The summed E-state index contributed by atoms with van der Waals surface area (Å²) >= 11 is 0. The predicted octanol–water partition coefficient (Wildman–Crippen LogP) is 4.12. The van der Waals surface area contributed by atoms with Crippen molar-refractivity contribution in [1.82, 2.24) is 15.0 Å². The second kappa shape index (κ2) is 12.0. The smallest absolute Gasteiger partial charge is 0.255 e. The highest BCUT2D eigenvalue weighted by Crippen LogP contribution is 2.29. The van der Waals surface area contributed by atoms with Crippen LogP contribution in [0.1, 0.15) is 53.6 Å². The summed E-state index contributed by atoms with van der Waals surface area (Å²) in [7, 11) is 0. The highest BCUT2D eigenvalue weighted by molar-refractivity contribution is 6.05. The number of aliphatic hydroxyl groups is 2. The zero-order valence-corrected chi connectivity index (χ0v) is 22.3. The first-order valence-electron chi connectivity index (χ1n) is 12.7. The SMILES string of the molecule is CC(C)(C)c1ccc(C(=O)Nc2cccc(-c3nc(N)nc(Cc4ccc(OCCO)cc4)n3)c2CO)cc1. The van der Waals surface area contributed by atoms with Crippen molar-refractivity contribution in [2.45, 2.75) is 39.2 Å². The van der Waals surface area contributed by atoms with Gasteiger partial charge in [0.25, 0.3) is 5.91 Å². The number of nitrogens with zero attached hydrogens (tertiary/aromatic N) is 3. The molecular weight excluding hydrogens is 494 g/mol. The molecule has 0 aliphatic heterocycles. The molecule has 9 nitrogen and oxygen atoms in total. The number of aliphatic hydroxyl groups excluding tert-OH is 2. The van der Waals surface area contributed by atoms with Gasteiger partial charge in [-0.25, -0.2) is 4.98 Å². The Hall–Kier alpha value is -4.34. The molecule has 0 saturated carbocycles. The van der Waals surface area contributed by atoms with E-state index in [0.29, 0.717) is 46.2 Å². The first-order chi connectivity index (χ1) is 18.7. The van der Waals surface area contributed by atoms with Gasteiger partial charge in [-0.1, -0.05) is 57.2 Å². The summed E-state index contributed by atoms with van der Waals surface area (Å²) in [6, 6.07) is 20.1. The molecule has 4 rings (SSSR count). The van der Waals surface area contributed by atoms with Crippen LogP contribution in [0.5, 0.6) is 5.75 Å². The molecule has 9 heteroatoms. The third-order valence-corrected chi connectivity index (χ3v) is 6.18. The van der Waals surface area contributed by atoms with E-state index in [1.165, 1.54) is 0 Å². The fourth-order valence-electron chi connectivity index (χ4n) is 4.09. The lowest BCUT2D eigenvalue weighted by atomic mass is 9.86. The highest BCUT2D eigenvalue weighted by atomic mass is 16.5. The Morgan fingerprint density at radius 1 is 0.949 bits per heavy atom. The van der Waals surface area contributed by atoms with E-state index < -0.39 is 0 Å². The van der Waals surface area contributed by atoms with Crippen LogP contribution in [-0.4, -0.2) is 44.3 Å². The minimum atomic E-state index is -0.342. The molecule has 4 aromatic rings. The molecule has 202 valence electrons. The van der Waals surface area contributed by atoms with E-state index in [2.05, 4.69) is 41.0 Å². The maximum atomic E-state index is 13.0. The van der Waals surface area contributed by atoms with Crippen LogP contribution in [0.3, 0.4) is 0 Å². The number of rotatable bonds is 9. The lowest BCUT2D eigenvalue weighted by Gasteiger charge is -2.19. The van der Waals surface area contributed by atoms with Crippen LogP contribution in [-0.2, 0) is 18.4 Å². The number of hydrogen-bond acceptors (Lipinski definition) is 8. The molecule has 0 unspecified atom stereocenters. The van der Waals surface area contributed by atoms with Crippen molar-refractivity contribution in [1.29, 1.82) is 0 Å². The molecule has 0 atom stereocenters. The summed E-state index contributed by atoms with van der Waals surface area (Å²) in [5, 5.41) is 22.1. The minimum absolute atomic E-state index is 0.0171. The van der Waals surface area contributed by atoms with Gasteiger partial charge in [0.05, 0.1) is 13.2 Å². The molecule has 0 radical (unpaired) electrons. The maximum absolute atomic E-state index is 13.0. The lowest BCUT2D eigenvalue weighted by Crippen LogP contribution is -2.15.